The van der Waals surface area contributed by atoms with E-state index in [0.29, 0.717) is 0 Å². The van der Waals surface area contributed by atoms with Crippen molar-refractivity contribution in [2.24, 2.45) is 5.41 Å². The highest BCUT2D eigenvalue weighted by Gasteiger charge is 2.36. The standard InChI is InChI=1S/C23H24N2O/c1-15-20(18-11-7-8-12-19(18)24-15)21-17-10-6-5-9-16(17)13-14-25(21)22(26)23(2,3)4/h5-14,21,24H,1-4H3. The molecule has 3 aromatic rings. The van der Waals surface area contributed by atoms with Crippen LogP contribution in [0.15, 0.2) is 54.7 Å². The summed E-state index contributed by atoms with van der Waals surface area (Å²) >= 11 is 0. The number of amides is 1. The van der Waals surface area contributed by atoms with Crippen molar-refractivity contribution in [2.45, 2.75) is 33.7 Å². The minimum absolute atomic E-state index is 0.123. The van der Waals surface area contributed by atoms with Crippen LogP contribution in [-0.4, -0.2) is 15.8 Å². The van der Waals surface area contributed by atoms with Crippen LogP contribution in [0.4, 0.5) is 0 Å². The molecule has 1 atom stereocenters. The summed E-state index contributed by atoms with van der Waals surface area (Å²) in [4.78, 5) is 18.6. The first-order valence-corrected chi connectivity index (χ1v) is 9.05. The molecule has 1 aliphatic heterocycles. The molecule has 1 N–H and O–H groups in total. The maximum absolute atomic E-state index is 13.2. The first-order chi connectivity index (χ1) is 12.4. The van der Waals surface area contributed by atoms with E-state index in [2.05, 4.69) is 48.3 Å². The molecule has 2 heterocycles. The molecule has 3 nitrogen and oxygen atoms in total. The molecule has 0 fully saturated rings. The van der Waals surface area contributed by atoms with Crippen LogP contribution in [0, 0.1) is 12.3 Å². The van der Waals surface area contributed by atoms with Crippen molar-refractivity contribution < 1.29 is 4.79 Å². The maximum atomic E-state index is 13.2. The number of hydrogen-bond acceptors (Lipinski definition) is 1. The fraction of sp³-hybridized carbons (Fsp3) is 0.261. The van der Waals surface area contributed by atoms with Crippen molar-refractivity contribution in [3.05, 3.63) is 77.1 Å². The zero-order valence-corrected chi connectivity index (χ0v) is 15.7. The Morgan fingerprint density at radius 1 is 1.04 bits per heavy atom. The SMILES string of the molecule is Cc1[nH]c2ccccc2c1C1c2ccccc2C=CN1C(=O)C(C)(C)C. The van der Waals surface area contributed by atoms with Crippen molar-refractivity contribution in [3.8, 4) is 0 Å². The molecule has 0 aliphatic carbocycles. The first kappa shape index (κ1) is 16.6. The normalized spacial score (nSPS) is 16.8. The fourth-order valence-electron chi connectivity index (χ4n) is 3.83. The predicted octanol–water partition coefficient (Wildman–Crippen LogP) is 5.42. The number of nitrogens with zero attached hydrogens (tertiary/aromatic N) is 1. The molecular weight excluding hydrogens is 320 g/mol. The molecule has 26 heavy (non-hydrogen) atoms. The Balaban J connectivity index is 1.98. The molecule has 0 saturated carbocycles. The lowest BCUT2D eigenvalue weighted by Crippen LogP contribution is -2.40. The second-order valence-electron chi connectivity index (χ2n) is 8.02. The Labute approximate surface area is 154 Å². The van der Waals surface area contributed by atoms with Gasteiger partial charge in [-0.3, -0.25) is 4.79 Å². The number of benzene rings is 2. The van der Waals surface area contributed by atoms with Crippen molar-refractivity contribution in [1.29, 1.82) is 0 Å². The summed E-state index contributed by atoms with van der Waals surface area (Å²) in [6, 6.07) is 16.5. The van der Waals surface area contributed by atoms with E-state index in [0.717, 1.165) is 11.2 Å². The number of hydrogen-bond donors (Lipinski definition) is 1. The zero-order chi connectivity index (χ0) is 18.5. The molecule has 0 bridgehead atoms. The molecule has 4 rings (SSSR count). The third-order valence-corrected chi connectivity index (χ3v) is 5.08. The number of H-pyrrole nitrogens is 1. The monoisotopic (exact) mass is 344 g/mol. The molecule has 2 aromatic carbocycles. The van der Waals surface area contributed by atoms with E-state index < -0.39 is 5.41 Å². The predicted molar refractivity (Wildman–Crippen MR) is 107 cm³/mol. The van der Waals surface area contributed by atoms with Gasteiger partial charge in [-0.2, -0.15) is 0 Å². The van der Waals surface area contributed by atoms with E-state index in [1.54, 1.807) is 0 Å². The molecule has 0 spiro atoms. The minimum atomic E-state index is -0.450. The van der Waals surface area contributed by atoms with Gasteiger partial charge in [0.05, 0.1) is 6.04 Å². The number of carbonyl (C=O) groups excluding carboxylic acids is 1. The zero-order valence-electron chi connectivity index (χ0n) is 15.7. The van der Waals surface area contributed by atoms with Crippen LogP contribution < -0.4 is 0 Å². The molecule has 0 radical (unpaired) electrons. The highest BCUT2D eigenvalue weighted by molar-refractivity contribution is 5.89. The smallest absolute Gasteiger partial charge is 0.232 e. The quantitative estimate of drug-likeness (QED) is 0.628. The molecular formula is C23H24N2O. The van der Waals surface area contributed by atoms with E-state index in [1.165, 1.54) is 22.1 Å². The lowest BCUT2D eigenvalue weighted by atomic mass is 9.86. The number of aromatic nitrogens is 1. The summed E-state index contributed by atoms with van der Waals surface area (Å²) in [6.07, 6.45) is 3.99. The third kappa shape index (κ3) is 2.55. The molecule has 1 aromatic heterocycles. The van der Waals surface area contributed by atoms with Gasteiger partial charge in [-0.15, -0.1) is 0 Å². The minimum Gasteiger partial charge on any atom is -0.358 e. The van der Waals surface area contributed by atoms with Crippen LogP contribution >= 0.6 is 0 Å². The molecule has 1 unspecified atom stereocenters. The average molecular weight is 344 g/mol. The first-order valence-electron chi connectivity index (χ1n) is 9.05. The molecule has 1 aliphatic rings. The van der Waals surface area contributed by atoms with Gasteiger partial charge in [-0.25, -0.2) is 0 Å². The van der Waals surface area contributed by atoms with Crippen molar-refractivity contribution in [1.82, 2.24) is 9.88 Å². The van der Waals surface area contributed by atoms with Gasteiger partial charge in [0.15, 0.2) is 0 Å². The van der Waals surface area contributed by atoms with Crippen molar-refractivity contribution >= 4 is 22.9 Å². The van der Waals surface area contributed by atoms with Crippen LogP contribution in [0.5, 0.6) is 0 Å². The number of aromatic amines is 1. The number of aryl methyl sites for hydroxylation is 1. The van der Waals surface area contributed by atoms with E-state index in [9.17, 15) is 4.79 Å². The third-order valence-electron chi connectivity index (χ3n) is 5.08. The lowest BCUT2D eigenvalue weighted by Gasteiger charge is -2.37. The number of nitrogens with one attached hydrogen (secondary N) is 1. The van der Waals surface area contributed by atoms with Crippen molar-refractivity contribution in [3.63, 3.8) is 0 Å². The van der Waals surface area contributed by atoms with Crippen molar-refractivity contribution in [2.75, 3.05) is 0 Å². The Kier molecular flexibility index (Phi) is 3.76. The van der Waals surface area contributed by atoms with Crippen LogP contribution in [0.1, 0.15) is 49.2 Å². The molecule has 132 valence electrons. The van der Waals surface area contributed by atoms with E-state index in [1.807, 2.05) is 50.1 Å². The molecule has 3 heteroatoms. The van der Waals surface area contributed by atoms with E-state index in [4.69, 9.17) is 0 Å². The van der Waals surface area contributed by atoms with Crippen LogP contribution in [0.2, 0.25) is 0 Å². The molecule has 0 saturated heterocycles. The van der Waals surface area contributed by atoms with E-state index >= 15 is 0 Å². The number of carbonyl (C=O) groups is 1. The summed E-state index contributed by atoms with van der Waals surface area (Å²) < 4.78 is 0. The van der Waals surface area contributed by atoms with Gasteiger partial charge in [0, 0.05) is 33.8 Å². The van der Waals surface area contributed by atoms with Gasteiger partial charge in [0.2, 0.25) is 5.91 Å². The summed E-state index contributed by atoms with van der Waals surface area (Å²) in [7, 11) is 0. The van der Waals surface area contributed by atoms with Gasteiger partial charge in [-0.1, -0.05) is 63.2 Å². The van der Waals surface area contributed by atoms with Gasteiger partial charge < -0.3 is 9.88 Å². The molecule has 1 amide bonds. The Morgan fingerprint density at radius 3 is 2.50 bits per heavy atom. The summed E-state index contributed by atoms with van der Waals surface area (Å²) in [5, 5.41) is 1.17. The van der Waals surface area contributed by atoms with Crippen LogP contribution in [0.25, 0.3) is 17.0 Å². The average Bonchev–Trinajstić information content (AvgIpc) is 2.95. The number of para-hydroxylation sites is 1. The second-order valence-corrected chi connectivity index (χ2v) is 8.02. The van der Waals surface area contributed by atoms with Gasteiger partial charge in [0.1, 0.15) is 0 Å². The topological polar surface area (TPSA) is 36.1 Å². The fourth-order valence-corrected chi connectivity index (χ4v) is 3.83. The lowest BCUT2D eigenvalue weighted by molar-refractivity contribution is -0.138. The Hall–Kier alpha value is -2.81. The largest absolute Gasteiger partial charge is 0.358 e. The Morgan fingerprint density at radius 2 is 1.73 bits per heavy atom. The van der Waals surface area contributed by atoms with Crippen LogP contribution in [-0.2, 0) is 4.79 Å². The summed E-state index contributed by atoms with van der Waals surface area (Å²) in [6.45, 7) is 8.02. The van der Waals surface area contributed by atoms with E-state index in [-0.39, 0.29) is 11.9 Å². The summed E-state index contributed by atoms with van der Waals surface area (Å²) in [5.74, 6) is 0.123. The summed E-state index contributed by atoms with van der Waals surface area (Å²) in [5.41, 5.74) is 5.27. The van der Waals surface area contributed by atoms with Gasteiger partial charge in [-0.05, 0) is 30.2 Å². The highest BCUT2D eigenvalue weighted by atomic mass is 16.2. The van der Waals surface area contributed by atoms with Gasteiger partial charge >= 0.3 is 0 Å². The van der Waals surface area contributed by atoms with Gasteiger partial charge in [0.25, 0.3) is 0 Å². The van der Waals surface area contributed by atoms with Crippen LogP contribution in [0.3, 0.4) is 0 Å². The maximum Gasteiger partial charge on any atom is 0.232 e. The second kappa shape index (κ2) is 5.87. The highest BCUT2D eigenvalue weighted by Crippen LogP contribution is 2.41. The number of fused-ring (bicyclic) bond motifs is 2. The number of rotatable bonds is 1. The Bertz CT molecular complexity index is 1020.